The van der Waals surface area contributed by atoms with E-state index in [1.54, 1.807) is 32.9 Å². The normalized spacial score (nSPS) is 12.2. The van der Waals surface area contributed by atoms with Crippen LogP contribution in [0.15, 0.2) is 18.2 Å². The van der Waals surface area contributed by atoms with Gasteiger partial charge >= 0.3 is 5.97 Å². The van der Waals surface area contributed by atoms with E-state index < -0.39 is 17.9 Å². The molecule has 0 aliphatic rings. The molecule has 1 rings (SSSR count). The summed E-state index contributed by atoms with van der Waals surface area (Å²) in [6.07, 6.45) is 0. The van der Waals surface area contributed by atoms with Crippen LogP contribution in [0.4, 0.5) is 0 Å². The molecule has 0 saturated heterocycles. The van der Waals surface area contributed by atoms with Gasteiger partial charge in [-0.1, -0.05) is 19.9 Å². The number of benzene rings is 1. The third-order valence-corrected chi connectivity index (χ3v) is 2.77. The summed E-state index contributed by atoms with van der Waals surface area (Å²) in [6.45, 7) is 5.04. The maximum Gasteiger partial charge on any atom is 0.326 e. The van der Waals surface area contributed by atoms with E-state index in [4.69, 9.17) is 5.11 Å². The standard InChI is InChI=1S/C13H17NO4/c1-7(2)11(13(17)18)14-12(16)9-5-4-6-10(15)8(9)3/h4-7,11,15H,1-3H3,(H,14,16)(H,17,18)/t11-/m1/s1. The molecule has 5 heteroatoms. The van der Waals surface area contributed by atoms with Crippen LogP contribution in [0.2, 0.25) is 0 Å². The van der Waals surface area contributed by atoms with Crippen molar-refractivity contribution in [1.29, 1.82) is 0 Å². The van der Waals surface area contributed by atoms with Gasteiger partial charge in [0.25, 0.3) is 5.91 Å². The molecular formula is C13H17NO4. The lowest BCUT2D eigenvalue weighted by Gasteiger charge is -2.18. The van der Waals surface area contributed by atoms with E-state index in [0.717, 1.165) is 0 Å². The second-order valence-electron chi connectivity index (χ2n) is 4.48. The van der Waals surface area contributed by atoms with Gasteiger partial charge < -0.3 is 15.5 Å². The number of carbonyl (C=O) groups excluding carboxylic acids is 1. The molecule has 0 spiro atoms. The van der Waals surface area contributed by atoms with Crippen LogP contribution in [-0.2, 0) is 4.79 Å². The molecule has 0 aliphatic heterocycles. The van der Waals surface area contributed by atoms with E-state index in [1.165, 1.54) is 6.07 Å². The van der Waals surface area contributed by atoms with Crippen molar-refractivity contribution in [3.8, 4) is 5.75 Å². The SMILES string of the molecule is Cc1c(O)cccc1C(=O)N[C@@H](C(=O)O)C(C)C. The van der Waals surface area contributed by atoms with Crippen LogP contribution in [0.25, 0.3) is 0 Å². The molecule has 0 bridgehead atoms. The van der Waals surface area contributed by atoms with Crippen LogP contribution in [-0.4, -0.2) is 28.1 Å². The topological polar surface area (TPSA) is 86.6 Å². The molecule has 0 saturated carbocycles. The molecule has 0 aliphatic carbocycles. The van der Waals surface area contributed by atoms with Gasteiger partial charge in [-0.3, -0.25) is 4.79 Å². The minimum Gasteiger partial charge on any atom is -0.508 e. The van der Waals surface area contributed by atoms with Crippen molar-refractivity contribution in [3.63, 3.8) is 0 Å². The molecule has 1 amide bonds. The number of phenols is 1. The van der Waals surface area contributed by atoms with Crippen molar-refractivity contribution in [1.82, 2.24) is 5.32 Å². The number of phenolic OH excluding ortho intramolecular Hbond substituents is 1. The summed E-state index contributed by atoms with van der Waals surface area (Å²) in [4.78, 5) is 22.9. The van der Waals surface area contributed by atoms with Gasteiger partial charge in [0, 0.05) is 11.1 Å². The van der Waals surface area contributed by atoms with E-state index in [9.17, 15) is 14.7 Å². The number of carboxylic acids is 1. The Balaban J connectivity index is 2.94. The smallest absolute Gasteiger partial charge is 0.326 e. The highest BCUT2D eigenvalue weighted by atomic mass is 16.4. The average Bonchev–Trinajstić information content (AvgIpc) is 2.28. The number of aliphatic carboxylic acids is 1. The predicted molar refractivity (Wildman–Crippen MR) is 66.6 cm³/mol. The van der Waals surface area contributed by atoms with Gasteiger partial charge in [0.2, 0.25) is 0 Å². The minimum absolute atomic E-state index is 0.0130. The van der Waals surface area contributed by atoms with Crippen molar-refractivity contribution in [2.45, 2.75) is 26.8 Å². The van der Waals surface area contributed by atoms with Crippen molar-refractivity contribution < 1.29 is 19.8 Å². The third kappa shape index (κ3) is 3.00. The van der Waals surface area contributed by atoms with Gasteiger partial charge in [0.15, 0.2) is 0 Å². The molecule has 98 valence electrons. The molecule has 5 nitrogen and oxygen atoms in total. The zero-order chi connectivity index (χ0) is 13.9. The van der Waals surface area contributed by atoms with Crippen molar-refractivity contribution in [3.05, 3.63) is 29.3 Å². The van der Waals surface area contributed by atoms with Gasteiger partial charge in [0.1, 0.15) is 11.8 Å². The second kappa shape index (κ2) is 5.53. The molecular weight excluding hydrogens is 234 g/mol. The fraction of sp³-hybridized carbons (Fsp3) is 0.385. The highest BCUT2D eigenvalue weighted by Gasteiger charge is 2.24. The summed E-state index contributed by atoms with van der Waals surface area (Å²) in [5.74, 6) is -1.77. The summed E-state index contributed by atoms with van der Waals surface area (Å²) in [5, 5.41) is 21.0. The van der Waals surface area contributed by atoms with Crippen molar-refractivity contribution in [2.24, 2.45) is 5.92 Å². The number of hydrogen-bond acceptors (Lipinski definition) is 3. The molecule has 1 aromatic rings. The Kier molecular flexibility index (Phi) is 4.31. The van der Waals surface area contributed by atoms with E-state index in [-0.39, 0.29) is 17.2 Å². The number of hydrogen-bond donors (Lipinski definition) is 3. The Labute approximate surface area is 105 Å². The van der Waals surface area contributed by atoms with Crippen LogP contribution < -0.4 is 5.32 Å². The van der Waals surface area contributed by atoms with E-state index in [2.05, 4.69) is 5.32 Å². The van der Waals surface area contributed by atoms with E-state index >= 15 is 0 Å². The molecule has 0 radical (unpaired) electrons. The summed E-state index contributed by atoms with van der Waals surface area (Å²) >= 11 is 0. The maximum atomic E-state index is 12.0. The molecule has 0 unspecified atom stereocenters. The molecule has 0 heterocycles. The van der Waals surface area contributed by atoms with Crippen LogP contribution in [0.5, 0.6) is 5.75 Å². The van der Waals surface area contributed by atoms with Gasteiger partial charge in [-0.25, -0.2) is 4.79 Å². The van der Waals surface area contributed by atoms with Crippen LogP contribution in [0.1, 0.15) is 29.8 Å². The molecule has 3 N–H and O–H groups in total. The first kappa shape index (κ1) is 14.0. The van der Waals surface area contributed by atoms with E-state index in [1.807, 2.05) is 0 Å². The quantitative estimate of drug-likeness (QED) is 0.757. The molecule has 1 aromatic carbocycles. The first-order chi connectivity index (χ1) is 8.34. The zero-order valence-electron chi connectivity index (χ0n) is 10.6. The number of carboxylic acid groups (broad SMARTS) is 1. The Hall–Kier alpha value is -2.04. The lowest BCUT2D eigenvalue weighted by molar-refractivity contribution is -0.140. The average molecular weight is 251 g/mol. The fourth-order valence-corrected chi connectivity index (χ4v) is 1.60. The van der Waals surface area contributed by atoms with Crippen molar-refractivity contribution in [2.75, 3.05) is 0 Å². The maximum absolute atomic E-state index is 12.0. The number of rotatable bonds is 4. The summed E-state index contributed by atoms with van der Waals surface area (Å²) in [7, 11) is 0. The van der Waals surface area contributed by atoms with E-state index in [0.29, 0.717) is 5.56 Å². The van der Waals surface area contributed by atoms with Gasteiger partial charge in [0.05, 0.1) is 0 Å². The van der Waals surface area contributed by atoms with Crippen LogP contribution in [0.3, 0.4) is 0 Å². The first-order valence-corrected chi connectivity index (χ1v) is 5.66. The molecule has 1 atom stereocenters. The highest BCUT2D eigenvalue weighted by Crippen LogP contribution is 2.19. The van der Waals surface area contributed by atoms with Gasteiger partial charge in [-0.15, -0.1) is 0 Å². The Morgan fingerprint density at radius 3 is 2.39 bits per heavy atom. The predicted octanol–water partition coefficient (Wildman–Crippen LogP) is 1.54. The first-order valence-electron chi connectivity index (χ1n) is 5.66. The minimum atomic E-state index is -1.07. The summed E-state index contributed by atoms with van der Waals surface area (Å²) in [5.41, 5.74) is 0.713. The van der Waals surface area contributed by atoms with Crippen LogP contribution in [0, 0.1) is 12.8 Å². The third-order valence-electron chi connectivity index (χ3n) is 2.77. The molecule has 0 aromatic heterocycles. The lowest BCUT2D eigenvalue weighted by Crippen LogP contribution is -2.44. The number of carbonyl (C=O) groups is 2. The molecule has 0 fully saturated rings. The second-order valence-corrected chi connectivity index (χ2v) is 4.48. The number of nitrogens with one attached hydrogen (secondary N) is 1. The molecule has 18 heavy (non-hydrogen) atoms. The van der Waals surface area contributed by atoms with Gasteiger partial charge in [-0.05, 0) is 25.0 Å². The Morgan fingerprint density at radius 2 is 1.89 bits per heavy atom. The zero-order valence-corrected chi connectivity index (χ0v) is 10.6. The Morgan fingerprint density at radius 1 is 1.28 bits per heavy atom. The monoisotopic (exact) mass is 251 g/mol. The summed E-state index contributed by atoms with van der Waals surface area (Å²) in [6, 6.07) is 3.62. The van der Waals surface area contributed by atoms with Crippen LogP contribution >= 0.6 is 0 Å². The van der Waals surface area contributed by atoms with Gasteiger partial charge in [-0.2, -0.15) is 0 Å². The fourth-order valence-electron chi connectivity index (χ4n) is 1.60. The number of aromatic hydroxyl groups is 1. The largest absolute Gasteiger partial charge is 0.508 e. The van der Waals surface area contributed by atoms with Crippen molar-refractivity contribution >= 4 is 11.9 Å². The Bertz CT molecular complexity index is 468. The summed E-state index contributed by atoms with van der Waals surface area (Å²) < 4.78 is 0. The lowest BCUT2D eigenvalue weighted by atomic mass is 10.0. The highest BCUT2D eigenvalue weighted by molar-refractivity contribution is 5.98. The number of amides is 1.